The molecule has 0 saturated heterocycles. The van der Waals surface area contributed by atoms with Gasteiger partial charge >= 0.3 is 6.18 Å². The van der Waals surface area contributed by atoms with E-state index in [0.717, 1.165) is 43.2 Å². The molecule has 0 radical (unpaired) electrons. The third-order valence-electron chi connectivity index (χ3n) is 5.77. The average molecular weight is 401 g/mol. The number of Topliss-reactive ketones (excluding diaryl/α,β-unsaturated/α-hetero) is 1. The first-order chi connectivity index (χ1) is 12.8. The molecule has 0 bridgehead atoms. The molecule has 2 aliphatic carbocycles. The van der Waals surface area contributed by atoms with E-state index in [1.54, 1.807) is 6.26 Å². The molecule has 150 valence electrons. The Morgan fingerprint density at radius 2 is 1.93 bits per heavy atom. The van der Waals surface area contributed by atoms with E-state index < -0.39 is 11.7 Å². The van der Waals surface area contributed by atoms with Crippen molar-refractivity contribution in [1.82, 2.24) is 5.32 Å². The first kappa shape index (κ1) is 20.5. The van der Waals surface area contributed by atoms with Crippen molar-refractivity contribution in [2.45, 2.75) is 68.1 Å². The number of thioether (sulfide) groups is 1. The van der Waals surface area contributed by atoms with E-state index in [1.807, 2.05) is 0 Å². The standard InChI is InChI=1S/C20H26F3NO2S/c1-26-17-10-13(20(21,22)23)11-18(27-2)19(17)16(25)9-12-5-3-8-15(12)24-14-6-4-7-14/h10-12,14-15,24H,3-9H2,1-2H3/t12-,15-/m1/s1. The van der Waals surface area contributed by atoms with Crippen LogP contribution in [0.1, 0.15) is 60.9 Å². The van der Waals surface area contributed by atoms with Gasteiger partial charge in [-0.1, -0.05) is 12.8 Å². The van der Waals surface area contributed by atoms with Crippen LogP contribution < -0.4 is 10.1 Å². The number of carbonyl (C=O) groups excluding carboxylic acids is 1. The Labute approximate surface area is 162 Å². The van der Waals surface area contributed by atoms with Gasteiger partial charge in [0.1, 0.15) is 5.75 Å². The average Bonchev–Trinajstić information content (AvgIpc) is 3.02. The maximum atomic E-state index is 13.1. The maximum Gasteiger partial charge on any atom is 0.416 e. The summed E-state index contributed by atoms with van der Waals surface area (Å²) >= 11 is 1.15. The highest BCUT2D eigenvalue weighted by atomic mass is 32.2. The summed E-state index contributed by atoms with van der Waals surface area (Å²) in [6.45, 7) is 0. The molecule has 2 fully saturated rings. The van der Waals surface area contributed by atoms with E-state index in [0.29, 0.717) is 23.4 Å². The summed E-state index contributed by atoms with van der Waals surface area (Å²) in [5, 5.41) is 3.67. The summed E-state index contributed by atoms with van der Waals surface area (Å²) in [4.78, 5) is 13.4. The van der Waals surface area contributed by atoms with E-state index in [4.69, 9.17) is 4.74 Å². The summed E-state index contributed by atoms with van der Waals surface area (Å²) in [5.41, 5.74) is -0.502. The molecule has 2 saturated carbocycles. The quantitative estimate of drug-likeness (QED) is 0.496. The van der Waals surface area contributed by atoms with Crippen molar-refractivity contribution in [3.05, 3.63) is 23.3 Å². The van der Waals surface area contributed by atoms with Crippen LogP contribution in [0.25, 0.3) is 0 Å². The van der Waals surface area contributed by atoms with E-state index in [-0.39, 0.29) is 23.0 Å². The fraction of sp³-hybridized carbons (Fsp3) is 0.650. The molecule has 0 amide bonds. The number of alkyl halides is 3. The van der Waals surface area contributed by atoms with Gasteiger partial charge in [-0.2, -0.15) is 13.2 Å². The molecular formula is C20H26F3NO2S. The van der Waals surface area contributed by atoms with Crippen LogP contribution in [0.5, 0.6) is 5.75 Å². The van der Waals surface area contributed by atoms with Gasteiger partial charge in [-0.05, 0) is 50.0 Å². The zero-order valence-electron chi connectivity index (χ0n) is 15.7. The van der Waals surface area contributed by atoms with Crippen molar-refractivity contribution in [1.29, 1.82) is 0 Å². The van der Waals surface area contributed by atoms with Gasteiger partial charge in [0.25, 0.3) is 0 Å². The molecule has 0 aliphatic heterocycles. The van der Waals surface area contributed by atoms with Crippen molar-refractivity contribution in [3.8, 4) is 5.75 Å². The Morgan fingerprint density at radius 1 is 1.22 bits per heavy atom. The molecule has 0 heterocycles. The zero-order chi connectivity index (χ0) is 19.6. The van der Waals surface area contributed by atoms with E-state index >= 15 is 0 Å². The minimum absolute atomic E-state index is 0.0145. The number of methoxy groups -OCH3 is 1. The topological polar surface area (TPSA) is 38.3 Å². The minimum atomic E-state index is -4.47. The van der Waals surface area contributed by atoms with Gasteiger partial charge in [0.2, 0.25) is 0 Å². The predicted octanol–water partition coefficient (Wildman–Crippen LogP) is 5.32. The number of ketones is 1. The van der Waals surface area contributed by atoms with Crippen molar-refractivity contribution >= 4 is 17.5 Å². The first-order valence-electron chi connectivity index (χ1n) is 9.46. The third kappa shape index (κ3) is 4.62. The summed E-state index contributed by atoms with van der Waals surface area (Å²) in [7, 11) is 1.31. The van der Waals surface area contributed by atoms with Crippen molar-refractivity contribution in [3.63, 3.8) is 0 Å². The Morgan fingerprint density at radius 3 is 2.48 bits per heavy atom. The lowest BCUT2D eigenvalue weighted by Crippen LogP contribution is -2.44. The number of rotatable bonds is 7. The molecule has 0 unspecified atom stereocenters. The number of carbonyl (C=O) groups is 1. The summed E-state index contributed by atoms with van der Waals surface area (Å²) in [6, 6.07) is 2.88. The van der Waals surface area contributed by atoms with Crippen molar-refractivity contribution in [2.24, 2.45) is 5.92 Å². The van der Waals surface area contributed by atoms with Crippen LogP contribution in [-0.4, -0.2) is 31.2 Å². The predicted molar refractivity (Wildman–Crippen MR) is 101 cm³/mol. The van der Waals surface area contributed by atoms with Gasteiger partial charge in [0.05, 0.1) is 18.2 Å². The fourth-order valence-electron chi connectivity index (χ4n) is 4.07. The number of ether oxygens (including phenoxy) is 1. The molecule has 2 aliphatic rings. The second-order valence-electron chi connectivity index (χ2n) is 7.47. The van der Waals surface area contributed by atoms with Gasteiger partial charge < -0.3 is 10.1 Å². The molecule has 1 aromatic carbocycles. The fourth-order valence-corrected chi connectivity index (χ4v) is 4.73. The molecule has 3 nitrogen and oxygen atoms in total. The van der Waals surface area contributed by atoms with Crippen LogP contribution in [0.4, 0.5) is 13.2 Å². The Balaban J connectivity index is 1.80. The lowest BCUT2D eigenvalue weighted by atomic mass is 9.89. The van der Waals surface area contributed by atoms with Gasteiger partial charge in [-0.25, -0.2) is 0 Å². The zero-order valence-corrected chi connectivity index (χ0v) is 16.5. The molecule has 2 atom stereocenters. The molecule has 7 heteroatoms. The smallest absolute Gasteiger partial charge is 0.416 e. The lowest BCUT2D eigenvalue weighted by molar-refractivity contribution is -0.137. The monoisotopic (exact) mass is 401 g/mol. The number of benzene rings is 1. The SMILES string of the molecule is COc1cc(C(F)(F)F)cc(SC)c1C(=O)C[C@H]1CCC[C@H]1NC1CCC1. The molecule has 0 spiro atoms. The molecular weight excluding hydrogens is 375 g/mol. The van der Waals surface area contributed by atoms with Crippen LogP contribution in [0, 0.1) is 5.92 Å². The van der Waals surface area contributed by atoms with E-state index in [1.165, 1.54) is 26.4 Å². The van der Waals surface area contributed by atoms with Crippen molar-refractivity contribution in [2.75, 3.05) is 13.4 Å². The summed E-state index contributed by atoms with van der Waals surface area (Å²) in [6.07, 6.45) is 4.34. The third-order valence-corrected chi connectivity index (χ3v) is 6.54. The lowest BCUT2D eigenvalue weighted by Gasteiger charge is -2.32. The van der Waals surface area contributed by atoms with Gasteiger partial charge in [-0.3, -0.25) is 4.79 Å². The number of halogens is 3. The number of hydrogen-bond acceptors (Lipinski definition) is 4. The Bertz CT molecular complexity index is 663. The molecule has 27 heavy (non-hydrogen) atoms. The second-order valence-corrected chi connectivity index (χ2v) is 8.32. The van der Waals surface area contributed by atoms with E-state index in [2.05, 4.69) is 5.32 Å². The highest BCUT2D eigenvalue weighted by Gasteiger charge is 2.36. The largest absolute Gasteiger partial charge is 0.496 e. The minimum Gasteiger partial charge on any atom is -0.496 e. The van der Waals surface area contributed by atoms with Crippen LogP contribution >= 0.6 is 11.8 Å². The summed E-state index contributed by atoms with van der Waals surface area (Å²) < 4.78 is 44.6. The van der Waals surface area contributed by atoms with E-state index in [9.17, 15) is 18.0 Å². The normalized spacial score (nSPS) is 23.3. The van der Waals surface area contributed by atoms with Crippen LogP contribution in [0.15, 0.2) is 17.0 Å². The first-order valence-corrected chi connectivity index (χ1v) is 10.7. The molecule has 1 aromatic rings. The van der Waals surface area contributed by atoms with Gasteiger partial charge in [0.15, 0.2) is 5.78 Å². The summed E-state index contributed by atoms with van der Waals surface area (Å²) in [5.74, 6) is 0.123. The van der Waals surface area contributed by atoms with Crippen molar-refractivity contribution < 1.29 is 22.7 Å². The van der Waals surface area contributed by atoms with Gasteiger partial charge in [0, 0.05) is 23.4 Å². The van der Waals surface area contributed by atoms with Crippen LogP contribution in [0.2, 0.25) is 0 Å². The molecule has 1 N–H and O–H groups in total. The molecule has 0 aromatic heterocycles. The van der Waals surface area contributed by atoms with Crippen LogP contribution in [0.3, 0.4) is 0 Å². The number of hydrogen-bond donors (Lipinski definition) is 1. The molecule has 3 rings (SSSR count). The highest BCUT2D eigenvalue weighted by Crippen LogP contribution is 2.40. The second kappa shape index (κ2) is 8.43. The highest BCUT2D eigenvalue weighted by molar-refractivity contribution is 7.98. The Hall–Kier alpha value is -1.21. The Kier molecular flexibility index (Phi) is 6.41. The maximum absolute atomic E-state index is 13.1. The van der Waals surface area contributed by atoms with Crippen LogP contribution in [-0.2, 0) is 6.18 Å². The number of nitrogens with one attached hydrogen (secondary N) is 1. The van der Waals surface area contributed by atoms with Gasteiger partial charge in [-0.15, -0.1) is 11.8 Å².